The maximum Gasteiger partial charge on any atom is 0.227 e. The van der Waals surface area contributed by atoms with Crippen LogP contribution in [-0.4, -0.2) is 74.4 Å². The van der Waals surface area contributed by atoms with E-state index in [1.54, 1.807) is 0 Å². The molecule has 26 heavy (non-hydrogen) atoms. The molecule has 0 bridgehead atoms. The number of hydrogen-bond donors (Lipinski definition) is 0. The van der Waals surface area contributed by atoms with Crippen molar-refractivity contribution in [1.29, 1.82) is 0 Å². The van der Waals surface area contributed by atoms with E-state index in [0.29, 0.717) is 50.0 Å². The number of anilines is 2. The highest BCUT2D eigenvalue weighted by molar-refractivity contribution is 5.85. The van der Waals surface area contributed by atoms with Gasteiger partial charge in [0.05, 0.1) is 19.4 Å². The van der Waals surface area contributed by atoms with Crippen molar-refractivity contribution in [3.05, 3.63) is 12.0 Å². The number of aromatic nitrogens is 2. The Kier molecular flexibility index (Phi) is 7.30. The summed E-state index contributed by atoms with van der Waals surface area (Å²) in [4.78, 5) is 15.4. The number of nitrogens with zero attached hydrogens (tertiary/aromatic N) is 5. The lowest BCUT2D eigenvalue weighted by molar-refractivity contribution is 0.122. The average Bonchev–Trinajstić information content (AvgIpc) is 3.34. The fraction of sp³-hybridized carbons (Fsp3) is 0.765. The maximum absolute atomic E-state index is 14.2. The molecule has 148 valence electrons. The highest BCUT2D eigenvalue weighted by atomic mass is 35.5. The van der Waals surface area contributed by atoms with Gasteiger partial charge in [-0.05, 0) is 38.8 Å². The zero-order chi connectivity index (χ0) is 16.7. The van der Waals surface area contributed by atoms with E-state index in [1.807, 2.05) is 4.90 Å². The molecule has 4 rings (SSSR count). The highest BCUT2D eigenvalue weighted by Gasteiger charge is 2.44. The van der Waals surface area contributed by atoms with Crippen LogP contribution in [0.2, 0.25) is 0 Å². The number of halogens is 3. The summed E-state index contributed by atoms with van der Waals surface area (Å²) in [5.41, 5.74) is 0. The first-order chi connectivity index (χ1) is 11.6. The van der Waals surface area contributed by atoms with E-state index in [1.165, 1.54) is 19.0 Å². The lowest BCUT2D eigenvalue weighted by atomic mass is 9.97. The van der Waals surface area contributed by atoms with Crippen LogP contribution in [0, 0.1) is 17.7 Å². The van der Waals surface area contributed by atoms with Gasteiger partial charge in [0.15, 0.2) is 11.6 Å². The van der Waals surface area contributed by atoms with Gasteiger partial charge in [-0.2, -0.15) is 4.98 Å². The fourth-order valence-electron chi connectivity index (χ4n) is 4.01. The molecule has 0 amide bonds. The summed E-state index contributed by atoms with van der Waals surface area (Å²) in [6, 6.07) is 0.526. The van der Waals surface area contributed by atoms with Gasteiger partial charge < -0.3 is 19.4 Å². The zero-order valence-corrected chi connectivity index (χ0v) is 16.9. The Morgan fingerprint density at radius 1 is 1.12 bits per heavy atom. The minimum Gasteiger partial charge on any atom is -0.378 e. The van der Waals surface area contributed by atoms with Crippen molar-refractivity contribution in [3.8, 4) is 0 Å². The van der Waals surface area contributed by atoms with E-state index in [9.17, 15) is 4.39 Å². The summed E-state index contributed by atoms with van der Waals surface area (Å²) in [6.07, 6.45) is 4.00. The number of hydrogen-bond acceptors (Lipinski definition) is 6. The van der Waals surface area contributed by atoms with Crippen LogP contribution in [0.4, 0.5) is 16.2 Å². The first-order valence-corrected chi connectivity index (χ1v) is 8.90. The molecular weight excluding hydrogens is 380 g/mol. The van der Waals surface area contributed by atoms with Gasteiger partial charge in [0.2, 0.25) is 5.95 Å². The van der Waals surface area contributed by atoms with Crippen LogP contribution in [0.5, 0.6) is 0 Å². The number of rotatable bonds is 4. The Balaban J connectivity index is 0.00000121. The summed E-state index contributed by atoms with van der Waals surface area (Å²) >= 11 is 0. The van der Waals surface area contributed by atoms with Gasteiger partial charge in [-0.1, -0.05) is 0 Å². The molecule has 0 spiro atoms. The predicted octanol–water partition coefficient (Wildman–Crippen LogP) is 2.07. The monoisotopic (exact) mass is 407 g/mol. The molecule has 3 aliphatic rings. The Morgan fingerprint density at radius 2 is 1.81 bits per heavy atom. The van der Waals surface area contributed by atoms with Crippen LogP contribution in [0.1, 0.15) is 12.8 Å². The minimum atomic E-state index is -0.345. The summed E-state index contributed by atoms with van der Waals surface area (Å²) in [5, 5.41) is 0. The summed E-state index contributed by atoms with van der Waals surface area (Å²) < 4.78 is 19.6. The first-order valence-electron chi connectivity index (χ1n) is 8.90. The van der Waals surface area contributed by atoms with Gasteiger partial charge in [-0.25, -0.2) is 9.37 Å². The molecule has 3 heterocycles. The first kappa shape index (κ1) is 21.4. The van der Waals surface area contributed by atoms with Crippen molar-refractivity contribution in [1.82, 2.24) is 14.9 Å². The SMILES string of the molecule is CN(C)[C@H]1CN(c2ncc(F)c(N3CCOCC3)n2)C[C@@H]1C1CC1.Cl.Cl. The molecule has 3 fully saturated rings. The normalized spacial score (nSPS) is 25.8. The minimum absolute atomic E-state index is 0. The van der Waals surface area contributed by atoms with E-state index in [0.717, 1.165) is 19.0 Å². The average molecular weight is 408 g/mol. The van der Waals surface area contributed by atoms with Crippen molar-refractivity contribution < 1.29 is 9.13 Å². The number of ether oxygens (including phenoxy) is 1. The zero-order valence-electron chi connectivity index (χ0n) is 15.3. The van der Waals surface area contributed by atoms with Crippen molar-refractivity contribution in [2.45, 2.75) is 18.9 Å². The lowest BCUT2D eigenvalue weighted by Crippen LogP contribution is -2.38. The standard InChI is InChI=1S/C17H26FN5O.2ClH/c1-21(2)15-11-23(10-13(15)12-3-4-12)17-19-9-14(18)16(20-17)22-5-7-24-8-6-22;;/h9,12-13,15H,3-8,10-11H2,1-2H3;2*1H/t13-,15+;;/m1../s1. The summed E-state index contributed by atoms with van der Waals surface area (Å²) in [6.45, 7) is 4.49. The van der Waals surface area contributed by atoms with Crippen LogP contribution in [0.25, 0.3) is 0 Å². The number of likely N-dealkylation sites (N-methyl/N-ethyl adjacent to an activating group) is 1. The van der Waals surface area contributed by atoms with E-state index >= 15 is 0 Å². The summed E-state index contributed by atoms with van der Waals surface area (Å²) in [7, 11) is 4.29. The molecule has 2 saturated heterocycles. The Morgan fingerprint density at radius 3 is 2.42 bits per heavy atom. The molecule has 0 N–H and O–H groups in total. The third kappa shape index (κ3) is 4.32. The molecule has 1 aromatic rings. The summed E-state index contributed by atoms with van der Waals surface area (Å²) in [5.74, 6) is 2.23. The molecule has 1 aliphatic carbocycles. The van der Waals surface area contributed by atoms with Crippen LogP contribution < -0.4 is 9.80 Å². The quantitative estimate of drug-likeness (QED) is 0.760. The van der Waals surface area contributed by atoms with Gasteiger partial charge in [0, 0.05) is 32.2 Å². The molecule has 0 aromatic carbocycles. The predicted molar refractivity (Wildman–Crippen MR) is 105 cm³/mol. The molecule has 6 nitrogen and oxygen atoms in total. The molecule has 2 atom stereocenters. The van der Waals surface area contributed by atoms with Crippen molar-refractivity contribution in [3.63, 3.8) is 0 Å². The molecule has 0 radical (unpaired) electrons. The number of morpholine rings is 1. The second-order valence-electron chi connectivity index (χ2n) is 7.38. The maximum atomic E-state index is 14.2. The smallest absolute Gasteiger partial charge is 0.227 e. The van der Waals surface area contributed by atoms with Crippen LogP contribution in [0.3, 0.4) is 0 Å². The Labute approximate surface area is 166 Å². The van der Waals surface area contributed by atoms with Gasteiger partial charge in [0.1, 0.15) is 0 Å². The van der Waals surface area contributed by atoms with E-state index in [4.69, 9.17) is 4.74 Å². The second-order valence-corrected chi connectivity index (χ2v) is 7.38. The van der Waals surface area contributed by atoms with E-state index in [-0.39, 0.29) is 30.6 Å². The van der Waals surface area contributed by atoms with Crippen LogP contribution in [0.15, 0.2) is 6.20 Å². The topological polar surface area (TPSA) is 44.7 Å². The van der Waals surface area contributed by atoms with Crippen LogP contribution in [-0.2, 0) is 4.74 Å². The third-order valence-electron chi connectivity index (χ3n) is 5.53. The largest absolute Gasteiger partial charge is 0.378 e. The fourth-order valence-corrected chi connectivity index (χ4v) is 4.01. The van der Waals surface area contributed by atoms with Crippen molar-refractivity contribution in [2.24, 2.45) is 11.8 Å². The van der Waals surface area contributed by atoms with Crippen molar-refractivity contribution >= 4 is 36.6 Å². The van der Waals surface area contributed by atoms with Gasteiger partial charge in [-0.15, -0.1) is 24.8 Å². The van der Waals surface area contributed by atoms with Gasteiger partial charge in [0.25, 0.3) is 0 Å². The van der Waals surface area contributed by atoms with E-state index in [2.05, 4.69) is 33.9 Å². The van der Waals surface area contributed by atoms with E-state index < -0.39 is 0 Å². The van der Waals surface area contributed by atoms with Gasteiger partial charge >= 0.3 is 0 Å². The lowest BCUT2D eigenvalue weighted by Gasteiger charge is -2.28. The van der Waals surface area contributed by atoms with Crippen LogP contribution >= 0.6 is 24.8 Å². The molecule has 1 saturated carbocycles. The molecule has 1 aromatic heterocycles. The third-order valence-corrected chi connectivity index (χ3v) is 5.53. The van der Waals surface area contributed by atoms with Gasteiger partial charge in [-0.3, -0.25) is 0 Å². The molecule has 2 aliphatic heterocycles. The molecule has 9 heteroatoms. The molecular formula is C17H28Cl2FN5O. The highest BCUT2D eigenvalue weighted by Crippen LogP contribution is 2.43. The van der Waals surface area contributed by atoms with Crippen molar-refractivity contribution in [2.75, 3.05) is 63.3 Å². The Hall–Kier alpha value is -0.890. The Bertz CT molecular complexity index is 589. The second kappa shape index (κ2) is 8.87. The molecule has 0 unspecified atom stereocenters.